The zero-order valence-corrected chi connectivity index (χ0v) is 14.6. The molecule has 1 aromatic carbocycles. The zero-order valence-electron chi connectivity index (χ0n) is 13.0. The highest BCUT2D eigenvalue weighted by atomic mass is 79.9. The van der Waals surface area contributed by atoms with Gasteiger partial charge in [-0.1, -0.05) is 28.1 Å². The highest BCUT2D eigenvalue weighted by Crippen LogP contribution is 2.41. The third kappa shape index (κ3) is 3.72. The van der Waals surface area contributed by atoms with Gasteiger partial charge in [0.2, 0.25) is 5.91 Å². The molecule has 1 aliphatic carbocycles. The average Bonchev–Trinajstić information content (AvgIpc) is 2.51. The first-order valence-electron chi connectivity index (χ1n) is 8.46. The highest BCUT2D eigenvalue weighted by molar-refractivity contribution is 9.10. The van der Waals surface area contributed by atoms with Crippen molar-refractivity contribution >= 4 is 21.8 Å². The standard InChI is InChI=1S/C18H25BrN2O/c19-16-5-3-15(4-6-16)18(10-1-11-18)21-17(22)7-2-14-8-12-20-13-9-14/h3-6,14,20H,1-2,7-13H2,(H,21,22). The lowest BCUT2D eigenvalue weighted by Gasteiger charge is -2.43. The number of carbonyl (C=O) groups excluding carboxylic acids is 1. The number of hydrogen-bond acceptors (Lipinski definition) is 2. The molecule has 0 bridgehead atoms. The Bertz CT molecular complexity index is 504. The smallest absolute Gasteiger partial charge is 0.220 e. The van der Waals surface area contributed by atoms with E-state index in [-0.39, 0.29) is 11.4 Å². The Labute approximate surface area is 141 Å². The van der Waals surface area contributed by atoms with Gasteiger partial charge >= 0.3 is 0 Å². The molecule has 0 radical (unpaired) electrons. The van der Waals surface area contributed by atoms with E-state index in [0.717, 1.165) is 42.7 Å². The van der Waals surface area contributed by atoms with Gasteiger partial charge in [-0.3, -0.25) is 4.79 Å². The Morgan fingerprint density at radius 3 is 2.50 bits per heavy atom. The molecule has 0 aromatic heterocycles. The molecule has 1 saturated carbocycles. The van der Waals surface area contributed by atoms with Crippen molar-refractivity contribution in [2.24, 2.45) is 5.92 Å². The van der Waals surface area contributed by atoms with Gasteiger partial charge in [0, 0.05) is 10.9 Å². The summed E-state index contributed by atoms with van der Waals surface area (Å²) in [6.45, 7) is 2.21. The number of piperidine rings is 1. The fraction of sp³-hybridized carbons (Fsp3) is 0.611. The minimum Gasteiger partial charge on any atom is -0.347 e. The third-order valence-electron chi connectivity index (χ3n) is 5.22. The lowest BCUT2D eigenvalue weighted by atomic mass is 9.71. The molecule has 1 aliphatic heterocycles. The fourth-order valence-electron chi connectivity index (χ4n) is 3.62. The van der Waals surface area contributed by atoms with Crippen molar-refractivity contribution in [2.45, 2.75) is 50.5 Å². The quantitative estimate of drug-likeness (QED) is 0.835. The van der Waals surface area contributed by atoms with E-state index in [1.54, 1.807) is 0 Å². The van der Waals surface area contributed by atoms with Crippen LogP contribution in [0.1, 0.15) is 50.5 Å². The van der Waals surface area contributed by atoms with Gasteiger partial charge in [0.1, 0.15) is 0 Å². The van der Waals surface area contributed by atoms with Crippen LogP contribution < -0.4 is 10.6 Å². The fourth-order valence-corrected chi connectivity index (χ4v) is 3.88. The summed E-state index contributed by atoms with van der Waals surface area (Å²) in [4.78, 5) is 12.4. The number of halogens is 1. The van der Waals surface area contributed by atoms with Crippen LogP contribution in [0.5, 0.6) is 0 Å². The van der Waals surface area contributed by atoms with Crippen molar-refractivity contribution < 1.29 is 4.79 Å². The van der Waals surface area contributed by atoms with Crippen molar-refractivity contribution in [3.8, 4) is 0 Å². The van der Waals surface area contributed by atoms with E-state index < -0.39 is 0 Å². The first-order valence-corrected chi connectivity index (χ1v) is 9.25. The van der Waals surface area contributed by atoms with Crippen LogP contribution in [0, 0.1) is 5.92 Å². The maximum Gasteiger partial charge on any atom is 0.220 e. The molecule has 1 amide bonds. The molecule has 1 heterocycles. The average molecular weight is 365 g/mol. The van der Waals surface area contributed by atoms with Crippen LogP contribution in [-0.4, -0.2) is 19.0 Å². The number of nitrogens with one attached hydrogen (secondary N) is 2. The topological polar surface area (TPSA) is 41.1 Å². The van der Waals surface area contributed by atoms with Crippen LogP contribution in [-0.2, 0) is 10.3 Å². The van der Waals surface area contributed by atoms with Crippen molar-refractivity contribution in [3.63, 3.8) is 0 Å². The van der Waals surface area contributed by atoms with Gasteiger partial charge in [-0.25, -0.2) is 0 Å². The van der Waals surface area contributed by atoms with Gasteiger partial charge in [0.05, 0.1) is 5.54 Å². The van der Waals surface area contributed by atoms with Crippen molar-refractivity contribution in [1.29, 1.82) is 0 Å². The van der Waals surface area contributed by atoms with Gasteiger partial charge in [-0.2, -0.15) is 0 Å². The Balaban J connectivity index is 1.55. The Hall–Kier alpha value is -0.870. The molecule has 4 heteroatoms. The molecule has 120 valence electrons. The van der Waals surface area contributed by atoms with E-state index in [4.69, 9.17) is 0 Å². The van der Waals surface area contributed by atoms with Crippen LogP contribution in [0.2, 0.25) is 0 Å². The number of carbonyl (C=O) groups is 1. The molecule has 1 aromatic rings. The minimum atomic E-state index is -0.105. The van der Waals surface area contributed by atoms with Gasteiger partial charge in [-0.05, 0) is 75.2 Å². The maximum absolute atomic E-state index is 12.4. The van der Waals surface area contributed by atoms with Crippen LogP contribution in [0.15, 0.2) is 28.7 Å². The normalized spacial score (nSPS) is 21.1. The molecule has 22 heavy (non-hydrogen) atoms. The molecular formula is C18H25BrN2O. The maximum atomic E-state index is 12.4. The first kappa shape index (κ1) is 16.0. The summed E-state index contributed by atoms with van der Waals surface area (Å²) in [6.07, 6.45) is 7.45. The number of rotatable bonds is 5. The van der Waals surface area contributed by atoms with E-state index in [9.17, 15) is 4.79 Å². The minimum absolute atomic E-state index is 0.105. The van der Waals surface area contributed by atoms with Crippen molar-refractivity contribution in [1.82, 2.24) is 10.6 Å². The summed E-state index contributed by atoms with van der Waals surface area (Å²) in [5.74, 6) is 0.943. The first-order chi connectivity index (χ1) is 10.7. The molecule has 2 aliphatic rings. The molecule has 2 N–H and O–H groups in total. The molecule has 0 spiro atoms. The third-order valence-corrected chi connectivity index (χ3v) is 5.75. The summed E-state index contributed by atoms with van der Waals surface area (Å²) >= 11 is 3.48. The molecule has 3 rings (SSSR count). The second-order valence-corrected chi connectivity index (χ2v) is 7.64. The van der Waals surface area contributed by atoms with Gasteiger partial charge in [0.25, 0.3) is 0 Å². The molecular weight excluding hydrogens is 340 g/mol. The van der Waals surface area contributed by atoms with Crippen molar-refractivity contribution in [2.75, 3.05) is 13.1 Å². The van der Waals surface area contributed by atoms with E-state index >= 15 is 0 Å². The summed E-state index contributed by atoms with van der Waals surface area (Å²) < 4.78 is 1.09. The summed E-state index contributed by atoms with van der Waals surface area (Å²) in [6, 6.07) is 8.40. The van der Waals surface area contributed by atoms with Crippen LogP contribution >= 0.6 is 15.9 Å². The molecule has 1 saturated heterocycles. The van der Waals surface area contributed by atoms with Gasteiger partial charge in [-0.15, -0.1) is 0 Å². The second kappa shape index (κ2) is 7.14. The lowest BCUT2D eigenvalue weighted by Crippen LogP contribution is -2.50. The van der Waals surface area contributed by atoms with Gasteiger partial charge in [0.15, 0.2) is 0 Å². The predicted molar refractivity (Wildman–Crippen MR) is 92.6 cm³/mol. The Kier molecular flexibility index (Phi) is 5.19. The Morgan fingerprint density at radius 1 is 1.23 bits per heavy atom. The van der Waals surface area contributed by atoms with Crippen molar-refractivity contribution in [3.05, 3.63) is 34.3 Å². The summed E-state index contributed by atoms with van der Waals surface area (Å²) in [7, 11) is 0. The predicted octanol–water partition coefficient (Wildman–Crippen LogP) is 3.72. The van der Waals surface area contributed by atoms with E-state index in [1.807, 2.05) is 0 Å². The second-order valence-electron chi connectivity index (χ2n) is 6.72. The van der Waals surface area contributed by atoms with E-state index in [0.29, 0.717) is 6.42 Å². The van der Waals surface area contributed by atoms with Crippen LogP contribution in [0.3, 0.4) is 0 Å². The summed E-state index contributed by atoms with van der Waals surface area (Å²) in [5.41, 5.74) is 1.14. The SMILES string of the molecule is O=C(CCC1CCNCC1)NC1(c2ccc(Br)cc2)CCC1. The zero-order chi connectivity index (χ0) is 15.4. The molecule has 3 nitrogen and oxygen atoms in total. The van der Waals surface area contributed by atoms with E-state index in [2.05, 4.69) is 50.8 Å². The molecule has 2 fully saturated rings. The van der Waals surface area contributed by atoms with Crippen LogP contribution in [0.4, 0.5) is 0 Å². The summed E-state index contributed by atoms with van der Waals surface area (Å²) in [5, 5.41) is 6.72. The van der Waals surface area contributed by atoms with Gasteiger partial charge < -0.3 is 10.6 Å². The Morgan fingerprint density at radius 2 is 1.91 bits per heavy atom. The lowest BCUT2D eigenvalue weighted by molar-refractivity contribution is -0.124. The number of amides is 1. The molecule has 0 unspecified atom stereocenters. The van der Waals surface area contributed by atoms with Crippen LogP contribution in [0.25, 0.3) is 0 Å². The number of hydrogen-bond donors (Lipinski definition) is 2. The molecule has 0 atom stereocenters. The van der Waals surface area contributed by atoms with E-state index in [1.165, 1.54) is 24.8 Å². The number of benzene rings is 1. The monoisotopic (exact) mass is 364 g/mol. The highest BCUT2D eigenvalue weighted by Gasteiger charge is 2.39. The largest absolute Gasteiger partial charge is 0.347 e.